The van der Waals surface area contributed by atoms with Gasteiger partial charge in [0.05, 0.1) is 11.7 Å². The summed E-state index contributed by atoms with van der Waals surface area (Å²) in [6.45, 7) is 4.65. The Bertz CT molecular complexity index is 1920. The fraction of sp³-hybridized carbons (Fsp3) is 0.381. The Morgan fingerprint density at radius 3 is 1.81 bits per heavy atom. The highest BCUT2D eigenvalue weighted by Gasteiger charge is 2.44. The van der Waals surface area contributed by atoms with Crippen LogP contribution in [0.3, 0.4) is 0 Å². The van der Waals surface area contributed by atoms with Crippen LogP contribution in [-0.2, 0) is 0 Å². The number of aromatic nitrogens is 2. The van der Waals surface area contributed by atoms with Gasteiger partial charge >= 0.3 is 0 Å². The van der Waals surface area contributed by atoms with Crippen molar-refractivity contribution in [2.75, 3.05) is 0 Å². The second kappa shape index (κ2) is 15.8. The first-order valence-electron chi connectivity index (χ1n) is 18.4. The van der Waals surface area contributed by atoms with E-state index in [-0.39, 0.29) is 0 Å². The van der Waals surface area contributed by atoms with E-state index in [1.807, 2.05) is 22.7 Å². The van der Waals surface area contributed by atoms with Crippen molar-refractivity contribution in [3.05, 3.63) is 84.2 Å². The summed E-state index contributed by atoms with van der Waals surface area (Å²) in [5, 5.41) is 5.65. The van der Waals surface area contributed by atoms with Gasteiger partial charge < -0.3 is 0 Å². The number of rotatable bonds is 17. The summed E-state index contributed by atoms with van der Waals surface area (Å²) in [5.74, 6) is 0. The molecule has 1 aliphatic heterocycles. The van der Waals surface area contributed by atoms with Crippen molar-refractivity contribution in [1.82, 2.24) is 8.75 Å². The van der Waals surface area contributed by atoms with Gasteiger partial charge in [-0.25, -0.2) is 0 Å². The quantitative estimate of drug-likeness (QED) is 0.0698. The van der Waals surface area contributed by atoms with Crippen molar-refractivity contribution in [3.8, 4) is 42.4 Å². The van der Waals surface area contributed by atoms with Crippen molar-refractivity contribution in [2.24, 2.45) is 0 Å². The van der Waals surface area contributed by atoms with Gasteiger partial charge in [0.2, 0.25) is 0 Å². The van der Waals surface area contributed by atoms with Crippen LogP contribution in [0.4, 0.5) is 0 Å². The van der Waals surface area contributed by atoms with Crippen LogP contribution in [0.1, 0.15) is 90.9 Å². The SMILES string of the molecule is CCCCCCCC[Si]1(CCCCCCCC)c2cc(-c3cccs3)ccc2-c2ccc(-c3ccc(-c4cccc5nsnc45)s3)cc21. The summed E-state index contributed by atoms with van der Waals surface area (Å²) in [5.41, 5.74) is 9.04. The molecule has 4 heterocycles. The second-order valence-electron chi connectivity index (χ2n) is 13.7. The molecule has 1 aliphatic rings. The maximum Gasteiger partial charge on any atom is 0.119 e. The summed E-state index contributed by atoms with van der Waals surface area (Å²) in [6.07, 6.45) is 16.3. The van der Waals surface area contributed by atoms with Crippen LogP contribution in [0.5, 0.6) is 0 Å². The predicted octanol–water partition coefficient (Wildman–Crippen LogP) is 13.1. The van der Waals surface area contributed by atoms with Crippen molar-refractivity contribution >= 4 is 63.9 Å². The third kappa shape index (κ3) is 6.91. The summed E-state index contributed by atoms with van der Waals surface area (Å²) in [4.78, 5) is 4.02. The lowest BCUT2D eigenvalue weighted by molar-refractivity contribution is 0.616. The first-order valence-corrected chi connectivity index (χ1v) is 23.2. The van der Waals surface area contributed by atoms with Gasteiger partial charge in [0.1, 0.15) is 19.1 Å². The van der Waals surface area contributed by atoms with E-state index in [1.165, 1.54) is 143 Å². The first kappa shape index (κ1) is 33.6. The number of hydrogen-bond donors (Lipinski definition) is 0. The molecule has 0 saturated carbocycles. The molecule has 0 fully saturated rings. The largest absolute Gasteiger partial charge is 0.173 e. The van der Waals surface area contributed by atoms with E-state index < -0.39 is 8.07 Å². The molecule has 0 spiro atoms. The highest BCUT2D eigenvalue weighted by Crippen LogP contribution is 2.41. The van der Waals surface area contributed by atoms with E-state index in [9.17, 15) is 0 Å². The highest BCUT2D eigenvalue weighted by atomic mass is 32.1. The molecule has 48 heavy (non-hydrogen) atoms. The molecule has 0 aliphatic carbocycles. The molecular weight excluding hydrogens is 657 g/mol. The number of thiophene rings is 2. The summed E-state index contributed by atoms with van der Waals surface area (Å²) in [6, 6.07) is 33.3. The van der Waals surface area contributed by atoms with Crippen LogP contribution < -0.4 is 10.4 Å². The highest BCUT2D eigenvalue weighted by molar-refractivity contribution is 7.19. The third-order valence-corrected chi connectivity index (χ3v) is 18.5. The number of nitrogens with zero attached hydrogens (tertiary/aromatic N) is 2. The summed E-state index contributed by atoms with van der Waals surface area (Å²) >= 11 is 5.08. The van der Waals surface area contributed by atoms with Gasteiger partial charge in [0, 0.05) is 20.2 Å². The van der Waals surface area contributed by atoms with Crippen LogP contribution >= 0.6 is 34.4 Å². The lowest BCUT2D eigenvalue weighted by Crippen LogP contribution is -2.55. The van der Waals surface area contributed by atoms with Gasteiger partial charge in [-0.2, -0.15) is 8.75 Å². The van der Waals surface area contributed by atoms with E-state index >= 15 is 0 Å². The first-order chi connectivity index (χ1) is 23.7. The molecule has 0 saturated heterocycles. The Kier molecular flexibility index (Phi) is 11.0. The third-order valence-electron chi connectivity index (χ3n) is 10.5. The zero-order valence-electron chi connectivity index (χ0n) is 28.6. The molecule has 2 nitrogen and oxygen atoms in total. The Hall–Kier alpha value is -2.90. The molecule has 3 aromatic carbocycles. The van der Waals surface area contributed by atoms with E-state index in [2.05, 4.69) is 107 Å². The van der Waals surface area contributed by atoms with E-state index in [0.29, 0.717) is 0 Å². The van der Waals surface area contributed by atoms with Gasteiger partial charge in [-0.3, -0.25) is 0 Å². The van der Waals surface area contributed by atoms with E-state index in [0.717, 1.165) is 11.0 Å². The fourth-order valence-corrected chi connectivity index (χ4v) is 15.9. The van der Waals surface area contributed by atoms with Crippen molar-refractivity contribution in [1.29, 1.82) is 0 Å². The number of hydrogen-bond acceptors (Lipinski definition) is 5. The average Bonchev–Trinajstić information content (AvgIpc) is 3.95. The molecule has 0 amide bonds. The normalized spacial score (nSPS) is 13.3. The van der Waals surface area contributed by atoms with Gasteiger partial charge in [-0.05, 0) is 74.4 Å². The predicted molar refractivity (Wildman–Crippen MR) is 216 cm³/mol. The average molecular weight is 705 g/mol. The number of benzene rings is 3. The molecule has 248 valence electrons. The Morgan fingerprint density at radius 1 is 0.542 bits per heavy atom. The Labute approximate surface area is 300 Å². The van der Waals surface area contributed by atoms with Gasteiger partial charge in [-0.15, -0.1) is 22.7 Å². The van der Waals surface area contributed by atoms with Gasteiger partial charge in [-0.1, -0.05) is 145 Å². The minimum absolute atomic E-state index is 0.991. The summed E-state index contributed by atoms with van der Waals surface area (Å²) < 4.78 is 9.14. The van der Waals surface area contributed by atoms with Crippen LogP contribution in [0.15, 0.2) is 84.2 Å². The van der Waals surface area contributed by atoms with Crippen molar-refractivity contribution in [2.45, 2.75) is 103 Å². The number of fused-ring (bicyclic) bond motifs is 4. The Balaban J connectivity index is 1.27. The standard InChI is InChI=1S/C42H48N2S3Si/c1-3-5-7-9-11-13-27-48(28-14-12-10-8-6-4-2)40-29-31(37-19-16-26-45-37)20-22-33(40)34-23-21-32(30-41(34)48)38-24-25-39(46-38)35-17-15-18-36-42(35)44-47-43-36/h15-26,29-30H,3-14,27-28H2,1-2H3. The molecule has 0 bridgehead atoms. The Morgan fingerprint density at radius 2 is 1.17 bits per heavy atom. The van der Waals surface area contributed by atoms with Gasteiger partial charge in [0.25, 0.3) is 0 Å². The molecule has 6 heteroatoms. The zero-order valence-corrected chi connectivity index (χ0v) is 32.1. The molecule has 7 rings (SSSR count). The molecule has 0 N–H and O–H groups in total. The van der Waals surface area contributed by atoms with Crippen LogP contribution in [-0.4, -0.2) is 16.8 Å². The molecule has 6 aromatic rings. The minimum Gasteiger partial charge on any atom is -0.173 e. The summed E-state index contributed by atoms with van der Waals surface area (Å²) in [7, 11) is -2.01. The maximum absolute atomic E-state index is 4.64. The fourth-order valence-electron chi connectivity index (χ4n) is 7.97. The zero-order chi connectivity index (χ0) is 32.8. The molecule has 0 unspecified atom stereocenters. The van der Waals surface area contributed by atoms with Crippen molar-refractivity contribution in [3.63, 3.8) is 0 Å². The molecule has 0 radical (unpaired) electrons. The smallest absolute Gasteiger partial charge is 0.119 e. The van der Waals surface area contributed by atoms with Crippen LogP contribution in [0.25, 0.3) is 53.5 Å². The topological polar surface area (TPSA) is 25.8 Å². The molecular formula is C42H48N2S3Si. The van der Waals surface area contributed by atoms with Gasteiger partial charge in [0.15, 0.2) is 0 Å². The number of unbranched alkanes of at least 4 members (excludes halogenated alkanes) is 10. The molecule has 0 atom stereocenters. The van der Waals surface area contributed by atoms with Crippen LogP contribution in [0, 0.1) is 0 Å². The minimum atomic E-state index is -2.01. The monoisotopic (exact) mass is 704 g/mol. The maximum atomic E-state index is 4.64. The molecule has 3 aromatic heterocycles. The lowest BCUT2D eigenvalue weighted by Gasteiger charge is -2.31. The van der Waals surface area contributed by atoms with Crippen molar-refractivity contribution < 1.29 is 0 Å². The van der Waals surface area contributed by atoms with E-state index in [4.69, 9.17) is 0 Å². The second-order valence-corrected chi connectivity index (χ2v) is 20.5. The van der Waals surface area contributed by atoms with E-state index in [1.54, 1.807) is 10.4 Å². The van der Waals surface area contributed by atoms with Crippen LogP contribution in [0.2, 0.25) is 12.1 Å². The lowest BCUT2D eigenvalue weighted by atomic mass is 10.0.